The first-order chi connectivity index (χ1) is 12.2. The van der Waals surface area contributed by atoms with E-state index in [-0.39, 0.29) is 5.91 Å². The molecule has 0 aliphatic rings. The second kappa shape index (κ2) is 8.64. The van der Waals surface area contributed by atoms with Crippen LogP contribution in [-0.4, -0.2) is 23.2 Å². The van der Waals surface area contributed by atoms with Gasteiger partial charge in [-0.05, 0) is 23.8 Å². The van der Waals surface area contributed by atoms with Crippen LogP contribution >= 0.6 is 23.1 Å². The Hall–Kier alpha value is -2.38. The maximum atomic E-state index is 12.2. The lowest BCUT2D eigenvalue weighted by Gasteiger charge is -2.02. The van der Waals surface area contributed by atoms with Crippen molar-refractivity contribution < 1.29 is 9.53 Å². The van der Waals surface area contributed by atoms with E-state index in [9.17, 15) is 4.79 Å². The largest absolute Gasteiger partial charge is 0.497 e. The number of methoxy groups -OCH3 is 1. The van der Waals surface area contributed by atoms with Crippen molar-refractivity contribution in [3.63, 3.8) is 0 Å². The van der Waals surface area contributed by atoms with Crippen LogP contribution in [0.5, 0.6) is 5.75 Å². The topological polar surface area (TPSA) is 64.1 Å². The molecule has 0 saturated heterocycles. The Balaban J connectivity index is 1.53. The number of benzene rings is 2. The Labute approximate surface area is 154 Å². The van der Waals surface area contributed by atoms with E-state index in [2.05, 4.69) is 15.5 Å². The van der Waals surface area contributed by atoms with E-state index in [1.54, 1.807) is 18.9 Å². The summed E-state index contributed by atoms with van der Waals surface area (Å²) >= 11 is 2.95. The van der Waals surface area contributed by atoms with Crippen molar-refractivity contribution in [3.8, 4) is 5.75 Å². The zero-order valence-electron chi connectivity index (χ0n) is 13.6. The summed E-state index contributed by atoms with van der Waals surface area (Å²) in [6.45, 7) is 0.479. The van der Waals surface area contributed by atoms with Gasteiger partial charge in [0.05, 0.1) is 12.9 Å². The van der Waals surface area contributed by atoms with Gasteiger partial charge in [-0.2, -0.15) is 0 Å². The number of rotatable bonds is 7. The van der Waals surface area contributed by atoms with E-state index < -0.39 is 0 Å². The molecule has 1 N–H and O–H groups in total. The van der Waals surface area contributed by atoms with Gasteiger partial charge in [0.25, 0.3) is 5.91 Å². The van der Waals surface area contributed by atoms with E-state index in [0.717, 1.165) is 21.2 Å². The fourth-order valence-corrected chi connectivity index (χ4v) is 3.78. The minimum absolute atomic E-state index is 0.195. The summed E-state index contributed by atoms with van der Waals surface area (Å²) in [5.41, 5.74) is 1.05. The Kier molecular flexibility index (Phi) is 6.03. The van der Waals surface area contributed by atoms with Crippen LogP contribution in [0.25, 0.3) is 0 Å². The summed E-state index contributed by atoms with van der Waals surface area (Å²) in [4.78, 5) is 13.3. The quantitative estimate of drug-likeness (QED) is 0.641. The lowest BCUT2D eigenvalue weighted by molar-refractivity contribution is 0.0950. The van der Waals surface area contributed by atoms with Crippen molar-refractivity contribution in [2.75, 3.05) is 7.11 Å². The van der Waals surface area contributed by atoms with Gasteiger partial charge >= 0.3 is 0 Å². The molecule has 0 saturated carbocycles. The summed E-state index contributed by atoms with van der Waals surface area (Å²) in [6, 6.07) is 17.6. The second-order valence-electron chi connectivity index (χ2n) is 5.14. The summed E-state index contributed by atoms with van der Waals surface area (Å²) in [6.07, 6.45) is 0. The average Bonchev–Trinajstić information content (AvgIpc) is 3.14. The number of carbonyl (C=O) groups excluding carboxylic acids is 1. The third-order valence-electron chi connectivity index (χ3n) is 3.36. The lowest BCUT2D eigenvalue weighted by atomic mass is 10.2. The normalized spacial score (nSPS) is 10.4. The van der Waals surface area contributed by atoms with Crippen LogP contribution in [0.4, 0.5) is 0 Å². The molecule has 0 fully saturated rings. The number of hydrogen-bond donors (Lipinski definition) is 1. The van der Waals surface area contributed by atoms with Crippen LogP contribution in [0.2, 0.25) is 0 Å². The van der Waals surface area contributed by atoms with E-state index in [1.807, 2.05) is 54.6 Å². The number of hydrogen-bond acceptors (Lipinski definition) is 6. The fraction of sp³-hybridized carbons (Fsp3) is 0.167. The fourth-order valence-electron chi connectivity index (χ4n) is 2.09. The number of nitrogens with zero attached hydrogens (tertiary/aromatic N) is 2. The molecule has 0 radical (unpaired) electrons. The van der Waals surface area contributed by atoms with E-state index in [4.69, 9.17) is 4.74 Å². The third-order valence-corrected chi connectivity index (χ3v) is 5.47. The monoisotopic (exact) mass is 371 g/mol. The highest BCUT2D eigenvalue weighted by atomic mass is 32.2. The molecule has 1 heterocycles. The molecule has 0 aliphatic carbocycles. The smallest absolute Gasteiger partial charge is 0.282 e. The van der Waals surface area contributed by atoms with Crippen LogP contribution in [0.1, 0.15) is 20.4 Å². The first-order valence-corrected chi connectivity index (χ1v) is 9.46. The average molecular weight is 371 g/mol. The Bertz CT molecular complexity index is 837. The summed E-state index contributed by atoms with van der Waals surface area (Å²) in [7, 11) is 1.65. The van der Waals surface area contributed by atoms with Crippen LogP contribution in [-0.2, 0) is 12.3 Å². The number of aromatic nitrogens is 2. The SMILES string of the molecule is COc1cccc(SCc2nnc(C(=O)NCc3ccccc3)s2)c1. The molecule has 25 heavy (non-hydrogen) atoms. The molecule has 3 aromatic rings. The predicted molar refractivity (Wildman–Crippen MR) is 100 cm³/mol. The van der Waals surface area contributed by atoms with Crippen LogP contribution in [0, 0.1) is 0 Å². The summed E-state index contributed by atoms with van der Waals surface area (Å²) in [5, 5.41) is 12.2. The molecule has 128 valence electrons. The molecule has 0 bridgehead atoms. The highest BCUT2D eigenvalue weighted by Crippen LogP contribution is 2.27. The van der Waals surface area contributed by atoms with Crippen LogP contribution in [0.15, 0.2) is 59.5 Å². The maximum absolute atomic E-state index is 12.2. The van der Waals surface area contributed by atoms with Gasteiger partial charge in [0.1, 0.15) is 10.8 Å². The minimum Gasteiger partial charge on any atom is -0.497 e. The summed E-state index contributed by atoms with van der Waals surface area (Å²) in [5.74, 6) is 1.29. The molecular formula is C18H17N3O2S2. The van der Waals surface area contributed by atoms with Crippen molar-refractivity contribution in [2.24, 2.45) is 0 Å². The molecule has 5 nitrogen and oxygen atoms in total. The number of ether oxygens (including phenoxy) is 1. The van der Waals surface area contributed by atoms with Crippen molar-refractivity contribution in [1.82, 2.24) is 15.5 Å². The standard InChI is InChI=1S/C18H17N3O2S2/c1-23-14-8-5-9-15(10-14)24-12-16-20-21-18(25-16)17(22)19-11-13-6-3-2-4-7-13/h2-10H,11-12H2,1H3,(H,19,22). The summed E-state index contributed by atoms with van der Waals surface area (Å²) < 4.78 is 5.21. The maximum Gasteiger partial charge on any atom is 0.282 e. The zero-order chi connectivity index (χ0) is 17.5. The van der Waals surface area contributed by atoms with Gasteiger partial charge in [0, 0.05) is 11.4 Å². The highest BCUT2D eigenvalue weighted by Gasteiger charge is 2.12. The van der Waals surface area contributed by atoms with Gasteiger partial charge in [-0.25, -0.2) is 0 Å². The van der Waals surface area contributed by atoms with Gasteiger partial charge in [0.2, 0.25) is 5.01 Å². The molecule has 3 rings (SSSR count). The molecule has 2 aromatic carbocycles. The van der Waals surface area contributed by atoms with Gasteiger partial charge in [-0.3, -0.25) is 4.79 Å². The lowest BCUT2D eigenvalue weighted by Crippen LogP contribution is -2.22. The van der Waals surface area contributed by atoms with Crippen molar-refractivity contribution in [1.29, 1.82) is 0 Å². The molecule has 1 amide bonds. The molecular weight excluding hydrogens is 354 g/mol. The van der Waals surface area contributed by atoms with Crippen molar-refractivity contribution in [3.05, 3.63) is 70.2 Å². The minimum atomic E-state index is -0.195. The van der Waals surface area contributed by atoms with E-state index in [0.29, 0.717) is 17.3 Å². The first kappa shape index (κ1) is 17.4. The molecule has 0 spiro atoms. The molecule has 0 aliphatic heterocycles. The first-order valence-electron chi connectivity index (χ1n) is 7.66. The third kappa shape index (κ3) is 5.04. The van der Waals surface area contributed by atoms with Crippen molar-refractivity contribution >= 4 is 29.0 Å². The second-order valence-corrected chi connectivity index (χ2v) is 7.25. The molecule has 0 atom stereocenters. The van der Waals surface area contributed by atoms with Crippen LogP contribution in [0.3, 0.4) is 0 Å². The Morgan fingerprint density at radius 1 is 1.16 bits per heavy atom. The molecule has 7 heteroatoms. The number of carbonyl (C=O) groups is 1. The predicted octanol–water partition coefficient (Wildman–Crippen LogP) is 3.77. The van der Waals surface area contributed by atoms with E-state index in [1.165, 1.54) is 11.3 Å². The molecule has 1 aromatic heterocycles. The van der Waals surface area contributed by atoms with Gasteiger partial charge in [-0.15, -0.1) is 22.0 Å². The number of nitrogens with one attached hydrogen (secondary N) is 1. The van der Waals surface area contributed by atoms with Gasteiger partial charge in [0.15, 0.2) is 0 Å². The van der Waals surface area contributed by atoms with Crippen LogP contribution < -0.4 is 10.1 Å². The van der Waals surface area contributed by atoms with Gasteiger partial charge < -0.3 is 10.1 Å². The Morgan fingerprint density at radius 3 is 2.80 bits per heavy atom. The highest BCUT2D eigenvalue weighted by molar-refractivity contribution is 7.98. The Morgan fingerprint density at radius 2 is 2.00 bits per heavy atom. The van der Waals surface area contributed by atoms with Crippen molar-refractivity contribution in [2.45, 2.75) is 17.2 Å². The van der Waals surface area contributed by atoms with E-state index >= 15 is 0 Å². The number of thioether (sulfide) groups is 1. The molecule has 0 unspecified atom stereocenters. The van der Waals surface area contributed by atoms with Gasteiger partial charge in [-0.1, -0.05) is 47.7 Å². The zero-order valence-corrected chi connectivity index (χ0v) is 15.3. The number of amides is 1.